The van der Waals surface area contributed by atoms with Gasteiger partial charge in [0.15, 0.2) is 0 Å². The van der Waals surface area contributed by atoms with E-state index in [1.54, 1.807) is 24.5 Å². The lowest BCUT2D eigenvalue weighted by molar-refractivity contribution is -0.131. The third-order valence-corrected chi connectivity index (χ3v) is 1.91. The number of carbonyl (C=O) groups is 1. The quantitative estimate of drug-likeness (QED) is 0.750. The zero-order valence-corrected chi connectivity index (χ0v) is 7.79. The maximum absolute atomic E-state index is 10.3. The molecule has 0 amide bonds. The Morgan fingerprint density at radius 1 is 1.33 bits per heavy atom. The van der Waals surface area contributed by atoms with Gasteiger partial charge in [-0.3, -0.25) is 4.98 Å². The highest BCUT2D eigenvalue weighted by Crippen LogP contribution is 2.10. The Hall–Kier alpha value is -2.23. The summed E-state index contributed by atoms with van der Waals surface area (Å²) in [5.41, 5.74) is 1.42. The van der Waals surface area contributed by atoms with Crippen molar-refractivity contribution in [1.82, 2.24) is 9.97 Å². The first kappa shape index (κ1) is 9.33. The molecule has 2 aromatic rings. The fourth-order valence-electron chi connectivity index (χ4n) is 1.23. The van der Waals surface area contributed by atoms with Crippen molar-refractivity contribution in [3.8, 4) is 0 Å². The first-order chi connectivity index (χ1) is 7.25. The molecule has 0 fully saturated rings. The van der Waals surface area contributed by atoms with Crippen LogP contribution in [-0.4, -0.2) is 21.0 Å². The molecule has 0 bridgehead atoms. The van der Waals surface area contributed by atoms with Crippen LogP contribution in [-0.2, 0) is 4.79 Å². The predicted octanol–water partition coefficient (Wildman–Crippen LogP) is 1.73. The van der Waals surface area contributed by atoms with E-state index in [2.05, 4.69) is 9.97 Å². The van der Waals surface area contributed by atoms with E-state index in [9.17, 15) is 4.79 Å². The van der Waals surface area contributed by atoms with Gasteiger partial charge in [-0.15, -0.1) is 0 Å². The lowest BCUT2D eigenvalue weighted by Gasteiger charge is -1.96. The molecule has 0 aliphatic carbocycles. The summed E-state index contributed by atoms with van der Waals surface area (Å²) in [4.78, 5) is 18.5. The second kappa shape index (κ2) is 3.88. The fraction of sp³-hybridized carbons (Fsp3) is 0. The number of aromatic nitrogens is 2. The summed E-state index contributed by atoms with van der Waals surface area (Å²) in [7, 11) is 0. The van der Waals surface area contributed by atoms with Crippen molar-refractivity contribution in [3.05, 3.63) is 42.4 Å². The number of carboxylic acid groups (broad SMARTS) is 1. The summed E-state index contributed by atoms with van der Waals surface area (Å²) in [6.45, 7) is 0. The minimum absolute atomic E-state index is 0.621. The van der Waals surface area contributed by atoms with E-state index >= 15 is 0 Å². The molecule has 0 radical (unpaired) electrons. The van der Waals surface area contributed by atoms with Crippen LogP contribution in [0.5, 0.6) is 0 Å². The van der Waals surface area contributed by atoms with Crippen LogP contribution in [0.25, 0.3) is 17.0 Å². The SMILES string of the molecule is O=C(O)/C=C/c1ccc2cnccc2n1. The summed E-state index contributed by atoms with van der Waals surface area (Å²) in [5, 5.41) is 9.40. The van der Waals surface area contributed by atoms with Gasteiger partial charge in [0.2, 0.25) is 0 Å². The first-order valence-electron chi connectivity index (χ1n) is 4.37. The zero-order chi connectivity index (χ0) is 10.7. The summed E-state index contributed by atoms with van der Waals surface area (Å²) < 4.78 is 0. The number of pyridine rings is 2. The summed E-state index contributed by atoms with van der Waals surface area (Å²) in [5.74, 6) is -0.980. The van der Waals surface area contributed by atoms with Gasteiger partial charge in [0.25, 0.3) is 0 Å². The number of aliphatic carboxylic acids is 1. The number of fused-ring (bicyclic) bond motifs is 1. The van der Waals surface area contributed by atoms with E-state index in [1.807, 2.05) is 6.07 Å². The second-order valence-electron chi connectivity index (χ2n) is 2.98. The molecule has 2 rings (SSSR count). The van der Waals surface area contributed by atoms with Crippen molar-refractivity contribution in [2.75, 3.05) is 0 Å². The van der Waals surface area contributed by atoms with Crippen LogP contribution < -0.4 is 0 Å². The highest BCUT2D eigenvalue weighted by molar-refractivity contribution is 5.86. The molecule has 1 N–H and O–H groups in total. The minimum Gasteiger partial charge on any atom is -0.478 e. The van der Waals surface area contributed by atoms with E-state index < -0.39 is 5.97 Å². The molecule has 0 aromatic carbocycles. The van der Waals surface area contributed by atoms with Gasteiger partial charge in [-0.1, -0.05) is 0 Å². The Bertz CT molecular complexity index is 535. The number of hydrogen-bond donors (Lipinski definition) is 1. The average Bonchev–Trinajstić information content (AvgIpc) is 2.26. The van der Waals surface area contributed by atoms with Gasteiger partial charge >= 0.3 is 5.97 Å². The molecule has 0 atom stereocenters. The fourth-order valence-corrected chi connectivity index (χ4v) is 1.23. The second-order valence-corrected chi connectivity index (χ2v) is 2.98. The number of rotatable bonds is 2. The maximum Gasteiger partial charge on any atom is 0.328 e. The molecule has 0 unspecified atom stereocenters. The van der Waals surface area contributed by atoms with Gasteiger partial charge < -0.3 is 5.11 Å². The highest BCUT2D eigenvalue weighted by atomic mass is 16.4. The van der Waals surface area contributed by atoms with Crippen molar-refractivity contribution >= 4 is 22.9 Å². The van der Waals surface area contributed by atoms with Crippen molar-refractivity contribution < 1.29 is 9.90 Å². The highest BCUT2D eigenvalue weighted by Gasteiger charge is 1.95. The normalized spacial score (nSPS) is 10.9. The molecule has 2 aromatic heterocycles. The number of hydrogen-bond acceptors (Lipinski definition) is 3. The first-order valence-corrected chi connectivity index (χ1v) is 4.37. The van der Waals surface area contributed by atoms with Crippen LogP contribution in [0.4, 0.5) is 0 Å². The van der Waals surface area contributed by atoms with Gasteiger partial charge in [-0.25, -0.2) is 9.78 Å². The van der Waals surface area contributed by atoms with Gasteiger partial charge in [0.1, 0.15) is 0 Å². The molecule has 0 aliphatic rings. The van der Waals surface area contributed by atoms with Crippen molar-refractivity contribution in [2.24, 2.45) is 0 Å². The van der Waals surface area contributed by atoms with Gasteiger partial charge in [-0.05, 0) is 24.3 Å². The van der Waals surface area contributed by atoms with Crippen LogP contribution in [0.1, 0.15) is 5.69 Å². The molecule has 15 heavy (non-hydrogen) atoms. The molecular formula is C11H8N2O2. The molecular weight excluding hydrogens is 192 g/mol. The smallest absolute Gasteiger partial charge is 0.328 e. The van der Waals surface area contributed by atoms with Crippen molar-refractivity contribution in [1.29, 1.82) is 0 Å². The minimum atomic E-state index is -0.980. The predicted molar refractivity (Wildman–Crippen MR) is 56.2 cm³/mol. The Kier molecular flexibility index (Phi) is 2.41. The van der Waals surface area contributed by atoms with E-state index in [4.69, 9.17) is 5.11 Å². The summed E-state index contributed by atoms with van der Waals surface area (Å²) in [6, 6.07) is 5.40. The molecule has 0 aliphatic heterocycles. The Morgan fingerprint density at radius 2 is 2.20 bits per heavy atom. The third-order valence-electron chi connectivity index (χ3n) is 1.91. The Balaban J connectivity index is 2.43. The molecule has 4 heteroatoms. The molecule has 4 nitrogen and oxygen atoms in total. The zero-order valence-electron chi connectivity index (χ0n) is 7.79. The molecule has 0 saturated carbocycles. The van der Waals surface area contributed by atoms with E-state index in [0.29, 0.717) is 5.69 Å². The topological polar surface area (TPSA) is 63.1 Å². The standard InChI is InChI=1S/C11H8N2O2/c14-11(15)4-3-9-2-1-8-7-12-6-5-10(8)13-9/h1-7H,(H,14,15)/b4-3+. The van der Waals surface area contributed by atoms with Crippen molar-refractivity contribution in [3.63, 3.8) is 0 Å². The molecule has 0 spiro atoms. The van der Waals surface area contributed by atoms with Crippen LogP contribution in [0.15, 0.2) is 36.7 Å². The maximum atomic E-state index is 10.3. The van der Waals surface area contributed by atoms with Crippen LogP contribution in [0.3, 0.4) is 0 Å². The lowest BCUT2D eigenvalue weighted by Crippen LogP contribution is -1.88. The molecule has 74 valence electrons. The Morgan fingerprint density at radius 3 is 3.00 bits per heavy atom. The van der Waals surface area contributed by atoms with Crippen molar-refractivity contribution in [2.45, 2.75) is 0 Å². The average molecular weight is 200 g/mol. The molecule has 0 saturated heterocycles. The van der Waals surface area contributed by atoms with Gasteiger partial charge in [-0.2, -0.15) is 0 Å². The van der Waals surface area contributed by atoms with Gasteiger partial charge in [0, 0.05) is 23.9 Å². The lowest BCUT2D eigenvalue weighted by atomic mass is 10.2. The molecule has 2 heterocycles. The van der Waals surface area contributed by atoms with Crippen LogP contribution in [0, 0.1) is 0 Å². The number of nitrogens with zero attached hydrogens (tertiary/aromatic N) is 2. The van der Waals surface area contributed by atoms with Crippen LogP contribution in [0.2, 0.25) is 0 Å². The largest absolute Gasteiger partial charge is 0.478 e. The summed E-state index contributed by atoms with van der Waals surface area (Å²) >= 11 is 0. The monoisotopic (exact) mass is 200 g/mol. The van der Waals surface area contributed by atoms with E-state index in [-0.39, 0.29) is 0 Å². The van der Waals surface area contributed by atoms with E-state index in [0.717, 1.165) is 17.0 Å². The summed E-state index contributed by atoms with van der Waals surface area (Å²) in [6.07, 6.45) is 5.89. The van der Waals surface area contributed by atoms with Crippen LogP contribution >= 0.6 is 0 Å². The number of carboxylic acids is 1. The van der Waals surface area contributed by atoms with Gasteiger partial charge in [0.05, 0.1) is 11.2 Å². The Labute approximate surface area is 85.9 Å². The van der Waals surface area contributed by atoms with E-state index in [1.165, 1.54) is 6.08 Å². The third kappa shape index (κ3) is 2.17.